The molecule has 0 aromatic heterocycles. The van der Waals surface area contributed by atoms with Crippen LogP contribution in [-0.2, 0) is 4.79 Å². The molecule has 2 nitrogen and oxygen atoms in total. The van der Waals surface area contributed by atoms with Gasteiger partial charge in [0, 0.05) is 0 Å². The summed E-state index contributed by atoms with van der Waals surface area (Å²) in [6, 6.07) is 0. The van der Waals surface area contributed by atoms with E-state index in [1.54, 1.807) is 0 Å². The van der Waals surface area contributed by atoms with Crippen LogP contribution in [0.3, 0.4) is 0 Å². The smallest absolute Gasteiger partial charge is 0.310 e. The van der Waals surface area contributed by atoms with E-state index in [-0.39, 0.29) is 10.8 Å². The summed E-state index contributed by atoms with van der Waals surface area (Å²) >= 11 is 0. The molecule has 0 aromatic carbocycles. The van der Waals surface area contributed by atoms with Gasteiger partial charge in [-0.15, -0.1) is 0 Å². The normalized spacial score (nSPS) is 13.8. The number of aliphatic carboxylic acids is 1. The van der Waals surface area contributed by atoms with E-state index in [0.717, 1.165) is 25.7 Å². The Morgan fingerprint density at radius 1 is 0.941 bits per heavy atom. The first-order valence-electron chi connectivity index (χ1n) is 6.86. The molecule has 17 heavy (non-hydrogen) atoms. The first kappa shape index (κ1) is 16.5. The van der Waals surface area contributed by atoms with Crippen LogP contribution in [0.25, 0.3) is 0 Å². The second-order valence-electron chi connectivity index (χ2n) is 6.44. The van der Waals surface area contributed by atoms with Crippen molar-refractivity contribution in [2.45, 2.75) is 74.1 Å². The monoisotopic (exact) mass is 242 g/mol. The molecule has 0 saturated carbocycles. The molecule has 0 spiro atoms. The van der Waals surface area contributed by atoms with Gasteiger partial charge in [0.2, 0.25) is 0 Å². The molecule has 0 amide bonds. The van der Waals surface area contributed by atoms with Gasteiger partial charge in [0.1, 0.15) is 0 Å². The lowest BCUT2D eigenvalue weighted by molar-refractivity contribution is -0.173. The van der Waals surface area contributed by atoms with Crippen LogP contribution < -0.4 is 0 Å². The van der Waals surface area contributed by atoms with E-state index >= 15 is 0 Å². The minimum Gasteiger partial charge on any atom is -0.481 e. The molecule has 0 aliphatic rings. The Morgan fingerprint density at radius 3 is 1.47 bits per heavy atom. The van der Waals surface area contributed by atoms with Crippen molar-refractivity contribution in [2.75, 3.05) is 0 Å². The molecular weight excluding hydrogens is 212 g/mol. The summed E-state index contributed by atoms with van der Waals surface area (Å²) in [5.41, 5.74) is -1.01. The Labute approximate surface area is 107 Å². The lowest BCUT2D eigenvalue weighted by atomic mass is 9.49. The summed E-state index contributed by atoms with van der Waals surface area (Å²) in [6.45, 7) is 14.7. The van der Waals surface area contributed by atoms with E-state index in [4.69, 9.17) is 0 Å². The third kappa shape index (κ3) is 2.51. The fraction of sp³-hybridized carbons (Fsp3) is 0.933. The van der Waals surface area contributed by atoms with Crippen molar-refractivity contribution in [2.24, 2.45) is 16.2 Å². The van der Waals surface area contributed by atoms with E-state index in [0.29, 0.717) is 0 Å². The van der Waals surface area contributed by atoms with Gasteiger partial charge in [0.15, 0.2) is 0 Å². The van der Waals surface area contributed by atoms with Crippen LogP contribution in [0, 0.1) is 16.2 Å². The second kappa shape index (κ2) is 5.41. The number of carbonyl (C=O) groups is 1. The van der Waals surface area contributed by atoms with Gasteiger partial charge in [0.05, 0.1) is 5.41 Å². The van der Waals surface area contributed by atoms with E-state index in [9.17, 15) is 9.90 Å². The van der Waals surface area contributed by atoms with Crippen molar-refractivity contribution < 1.29 is 9.90 Å². The Kier molecular flexibility index (Phi) is 5.24. The van der Waals surface area contributed by atoms with Crippen LogP contribution in [0.1, 0.15) is 74.1 Å². The Morgan fingerprint density at radius 2 is 1.29 bits per heavy atom. The minimum absolute atomic E-state index is 0.186. The molecule has 0 atom stereocenters. The van der Waals surface area contributed by atoms with Crippen LogP contribution in [0.15, 0.2) is 0 Å². The highest BCUT2D eigenvalue weighted by Crippen LogP contribution is 2.57. The third-order valence-corrected chi connectivity index (χ3v) is 5.07. The lowest BCUT2D eigenvalue weighted by Crippen LogP contribution is -2.54. The molecule has 0 bridgehead atoms. The van der Waals surface area contributed by atoms with Gasteiger partial charge < -0.3 is 5.11 Å². The average Bonchev–Trinajstić information content (AvgIpc) is 2.24. The highest BCUT2D eigenvalue weighted by molar-refractivity contribution is 5.77. The Balaban J connectivity index is 5.86. The summed E-state index contributed by atoms with van der Waals surface area (Å²) in [5, 5.41) is 9.89. The fourth-order valence-electron chi connectivity index (χ4n) is 3.26. The van der Waals surface area contributed by atoms with Crippen molar-refractivity contribution in [1.29, 1.82) is 0 Å². The van der Waals surface area contributed by atoms with Gasteiger partial charge in [-0.2, -0.15) is 0 Å². The van der Waals surface area contributed by atoms with Gasteiger partial charge in [0.25, 0.3) is 0 Å². The molecule has 102 valence electrons. The van der Waals surface area contributed by atoms with Crippen molar-refractivity contribution in [1.82, 2.24) is 0 Å². The molecule has 0 saturated heterocycles. The van der Waals surface area contributed by atoms with Gasteiger partial charge in [-0.3, -0.25) is 4.79 Å². The Bertz CT molecular complexity index is 248. The van der Waals surface area contributed by atoms with Crippen molar-refractivity contribution in [3.8, 4) is 0 Å². The number of rotatable bonds is 7. The van der Waals surface area contributed by atoms with Crippen LogP contribution in [-0.4, -0.2) is 11.1 Å². The zero-order valence-electron chi connectivity index (χ0n) is 12.7. The SMILES string of the molecule is CCCC(C(=O)O)(C(C)(C)CC)C(C)(C)CC. The highest BCUT2D eigenvalue weighted by Gasteiger charge is 2.57. The average molecular weight is 242 g/mol. The number of hydrogen-bond acceptors (Lipinski definition) is 1. The molecule has 2 heteroatoms. The number of carboxylic acids is 1. The van der Waals surface area contributed by atoms with Crippen LogP contribution in [0.2, 0.25) is 0 Å². The molecule has 0 unspecified atom stereocenters. The van der Waals surface area contributed by atoms with Gasteiger partial charge >= 0.3 is 5.97 Å². The number of carboxylic acid groups (broad SMARTS) is 1. The van der Waals surface area contributed by atoms with Crippen LogP contribution in [0.5, 0.6) is 0 Å². The molecule has 0 fully saturated rings. The quantitative estimate of drug-likeness (QED) is 0.700. The first-order valence-corrected chi connectivity index (χ1v) is 6.86. The van der Waals surface area contributed by atoms with E-state index in [1.165, 1.54) is 0 Å². The third-order valence-electron chi connectivity index (χ3n) is 5.07. The highest BCUT2D eigenvalue weighted by atomic mass is 16.4. The summed E-state index contributed by atoms with van der Waals surface area (Å²) in [5.74, 6) is -0.627. The second-order valence-corrected chi connectivity index (χ2v) is 6.44. The van der Waals surface area contributed by atoms with Crippen molar-refractivity contribution >= 4 is 5.97 Å². The molecule has 0 aromatic rings. The molecule has 0 radical (unpaired) electrons. The zero-order chi connectivity index (χ0) is 13.9. The topological polar surface area (TPSA) is 37.3 Å². The van der Waals surface area contributed by atoms with Crippen LogP contribution >= 0.6 is 0 Å². The first-order chi connectivity index (χ1) is 7.63. The molecule has 0 aliphatic heterocycles. The standard InChI is InChI=1S/C15H30O2/c1-8-11-15(12(16)17,13(4,5)9-2)14(6,7)10-3/h8-11H2,1-7H3,(H,16,17). The molecule has 0 heterocycles. The van der Waals surface area contributed by atoms with Gasteiger partial charge in [-0.05, 0) is 30.1 Å². The molecule has 0 rings (SSSR count). The van der Waals surface area contributed by atoms with Crippen molar-refractivity contribution in [3.63, 3.8) is 0 Å². The maximum atomic E-state index is 12.0. The summed E-state index contributed by atoms with van der Waals surface area (Å²) in [6.07, 6.45) is 3.45. The lowest BCUT2D eigenvalue weighted by Gasteiger charge is -2.53. The van der Waals surface area contributed by atoms with Crippen molar-refractivity contribution in [3.05, 3.63) is 0 Å². The zero-order valence-corrected chi connectivity index (χ0v) is 12.7. The number of hydrogen-bond donors (Lipinski definition) is 1. The van der Waals surface area contributed by atoms with E-state index in [1.807, 2.05) is 0 Å². The largest absolute Gasteiger partial charge is 0.481 e. The van der Waals surface area contributed by atoms with Gasteiger partial charge in [-0.1, -0.05) is 54.9 Å². The molecular formula is C15H30O2. The Hall–Kier alpha value is -0.530. The van der Waals surface area contributed by atoms with E-state index < -0.39 is 11.4 Å². The fourth-order valence-corrected chi connectivity index (χ4v) is 3.26. The van der Waals surface area contributed by atoms with Crippen LogP contribution in [0.4, 0.5) is 0 Å². The van der Waals surface area contributed by atoms with Gasteiger partial charge in [-0.25, -0.2) is 0 Å². The van der Waals surface area contributed by atoms with E-state index in [2.05, 4.69) is 48.5 Å². The maximum absolute atomic E-state index is 12.0. The minimum atomic E-state index is -0.641. The molecule has 0 aliphatic carbocycles. The predicted molar refractivity (Wildman–Crippen MR) is 73.1 cm³/mol. The predicted octanol–water partition coefficient (Wildman–Crippen LogP) is 4.73. The maximum Gasteiger partial charge on any atom is 0.310 e. The summed E-state index contributed by atoms with van der Waals surface area (Å²) in [4.78, 5) is 12.0. The molecule has 1 N–H and O–H groups in total. The summed E-state index contributed by atoms with van der Waals surface area (Å²) < 4.78 is 0. The summed E-state index contributed by atoms with van der Waals surface area (Å²) in [7, 11) is 0.